The highest BCUT2D eigenvalue weighted by atomic mass is 16.5. The standard InChI is InChI=1S/C26H42N2O6/c1-5-9-11-12-13-15-17-26(16-14-10-6-2)24(31)27(18-20-33-22(29)7-3)25(32)28(26)19-21-34-23(30)8-4/h7-8H,3-6,9-21H2,1-2H3. The van der Waals surface area contributed by atoms with Gasteiger partial charge in [-0.15, -0.1) is 0 Å². The van der Waals surface area contributed by atoms with Crippen molar-refractivity contribution in [2.75, 3.05) is 26.3 Å². The van der Waals surface area contributed by atoms with Crippen molar-refractivity contribution in [2.45, 2.75) is 90.0 Å². The Kier molecular flexibility index (Phi) is 13.9. The van der Waals surface area contributed by atoms with Crippen LogP contribution in [0.4, 0.5) is 4.79 Å². The molecule has 0 saturated carbocycles. The van der Waals surface area contributed by atoms with E-state index in [0.29, 0.717) is 12.8 Å². The Balaban J connectivity index is 3.07. The van der Waals surface area contributed by atoms with E-state index in [9.17, 15) is 19.2 Å². The van der Waals surface area contributed by atoms with Gasteiger partial charge >= 0.3 is 18.0 Å². The third kappa shape index (κ3) is 8.61. The molecule has 1 fully saturated rings. The van der Waals surface area contributed by atoms with Gasteiger partial charge < -0.3 is 14.4 Å². The lowest BCUT2D eigenvalue weighted by Gasteiger charge is -2.35. The maximum absolute atomic E-state index is 13.7. The first kappa shape index (κ1) is 29.4. The van der Waals surface area contributed by atoms with Crippen LogP contribution in [0.25, 0.3) is 0 Å². The van der Waals surface area contributed by atoms with Crippen molar-refractivity contribution in [3.05, 3.63) is 25.3 Å². The van der Waals surface area contributed by atoms with Crippen LogP contribution < -0.4 is 0 Å². The first-order valence-corrected chi connectivity index (χ1v) is 12.6. The summed E-state index contributed by atoms with van der Waals surface area (Å²) in [6, 6.07) is -0.434. The number of carbonyl (C=O) groups is 4. The largest absolute Gasteiger partial charge is 0.461 e. The van der Waals surface area contributed by atoms with Gasteiger partial charge in [-0.3, -0.25) is 9.69 Å². The lowest BCUT2D eigenvalue weighted by molar-refractivity contribution is -0.141. The normalized spacial score (nSPS) is 17.7. The molecular weight excluding hydrogens is 436 g/mol. The number of unbranched alkanes of at least 4 members (excludes halogenated alkanes) is 7. The minimum Gasteiger partial charge on any atom is -0.461 e. The highest BCUT2D eigenvalue weighted by molar-refractivity contribution is 6.07. The molecular formula is C26H42N2O6. The Bertz CT molecular complexity index is 707. The van der Waals surface area contributed by atoms with Gasteiger partial charge in [0.05, 0.1) is 13.1 Å². The van der Waals surface area contributed by atoms with Gasteiger partial charge in [-0.1, -0.05) is 84.8 Å². The van der Waals surface area contributed by atoms with Crippen molar-refractivity contribution in [1.82, 2.24) is 9.80 Å². The molecule has 34 heavy (non-hydrogen) atoms. The van der Waals surface area contributed by atoms with Gasteiger partial charge in [0.15, 0.2) is 0 Å². The number of urea groups is 1. The van der Waals surface area contributed by atoms with E-state index in [2.05, 4.69) is 27.0 Å². The zero-order valence-electron chi connectivity index (χ0n) is 21.0. The zero-order chi connectivity index (χ0) is 25.4. The summed E-state index contributed by atoms with van der Waals surface area (Å²) in [5.74, 6) is -1.43. The molecule has 0 N–H and O–H groups in total. The van der Waals surface area contributed by atoms with Crippen LogP contribution in [0.15, 0.2) is 25.3 Å². The van der Waals surface area contributed by atoms with Crippen LogP contribution in [0.1, 0.15) is 84.5 Å². The van der Waals surface area contributed by atoms with Crippen LogP contribution in [0, 0.1) is 0 Å². The average Bonchev–Trinajstić information content (AvgIpc) is 3.02. The number of hydrogen-bond donors (Lipinski definition) is 0. The van der Waals surface area contributed by atoms with Gasteiger partial charge in [0.25, 0.3) is 5.91 Å². The number of amides is 3. The van der Waals surface area contributed by atoms with E-state index in [1.165, 1.54) is 11.3 Å². The summed E-state index contributed by atoms with van der Waals surface area (Å²) in [6.07, 6.45) is 12.4. The predicted octanol–water partition coefficient (Wildman–Crippen LogP) is 4.78. The first-order chi connectivity index (χ1) is 16.4. The Morgan fingerprint density at radius 2 is 1.26 bits per heavy atom. The van der Waals surface area contributed by atoms with Crippen molar-refractivity contribution in [2.24, 2.45) is 0 Å². The molecule has 1 aliphatic heterocycles. The third-order valence-corrected chi connectivity index (χ3v) is 6.21. The van der Waals surface area contributed by atoms with Gasteiger partial charge in [0, 0.05) is 12.2 Å². The van der Waals surface area contributed by atoms with Crippen LogP contribution in [0.5, 0.6) is 0 Å². The summed E-state index contributed by atoms with van der Waals surface area (Å²) in [6.45, 7) is 11.0. The van der Waals surface area contributed by atoms with E-state index in [0.717, 1.165) is 63.5 Å². The van der Waals surface area contributed by atoms with Crippen molar-refractivity contribution in [3.8, 4) is 0 Å². The molecule has 1 aliphatic rings. The van der Waals surface area contributed by atoms with Crippen molar-refractivity contribution in [1.29, 1.82) is 0 Å². The first-order valence-electron chi connectivity index (χ1n) is 12.6. The summed E-state index contributed by atoms with van der Waals surface area (Å²) < 4.78 is 10.1. The molecule has 0 bridgehead atoms. The molecule has 0 aromatic heterocycles. The molecule has 0 aromatic carbocycles. The predicted molar refractivity (Wildman–Crippen MR) is 131 cm³/mol. The summed E-state index contributed by atoms with van der Waals surface area (Å²) in [5.41, 5.74) is -0.972. The molecule has 1 atom stereocenters. The molecule has 0 spiro atoms. The Morgan fingerprint density at radius 1 is 0.794 bits per heavy atom. The number of rotatable bonds is 19. The highest BCUT2D eigenvalue weighted by Gasteiger charge is 2.55. The molecule has 1 heterocycles. The van der Waals surface area contributed by atoms with Crippen LogP contribution in [0.3, 0.4) is 0 Å². The topological polar surface area (TPSA) is 93.2 Å². The Labute approximate surface area is 204 Å². The van der Waals surface area contributed by atoms with Crippen LogP contribution in [-0.4, -0.2) is 65.5 Å². The van der Waals surface area contributed by atoms with Gasteiger partial charge in [0.2, 0.25) is 0 Å². The molecule has 0 aliphatic carbocycles. The number of imide groups is 1. The van der Waals surface area contributed by atoms with Gasteiger partial charge in [0.1, 0.15) is 18.8 Å². The summed E-state index contributed by atoms with van der Waals surface area (Å²) in [5, 5.41) is 0. The second-order valence-corrected chi connectivity index (χ2v) is 8.64. The van der Waals surface area contributed by atoms with Crippen LogP contribution in [0.2, 0.25) is 0 Å². The number of carbonyl (C=O) groups excluding carboxylic acids is 4. The summed E-state index contributed by atoms with van der Waals surface area (Å²) >= 11 is 0. The van der Waals surface area contributed by atoms with E-state index < -0.39 is 23.5 Å². The SMILES string of the molecule is C=CC(=O)OCCN1C(=O)N(CCOC(=O)C=C)C(CCCCC)(CCCCCCCC)C1=O. The molecule has 0 radical (unpaired) electrons. The number of ether oxygens (including phenoxy) is 2. The molecule has 3 amide bonds. The average molecular weight is 479 g/mol. The van der Waals surface area contributed by atoms with Crippen LogP contribution in [-0.2, 0) is 23.9 Å². The fourth-order valence-electron chi connectivity index (χ4n) is 4.36. The minimum atomic E-state index is -0.972. The molecule has 192 valence electrons. The lowest BCUT2D eigenvalue weighted by Crippen LogP contribution is -2.51. The fraction of sp³-hybridized carbons (Fsp3) is 0.692. The van der Waals surface area contributed by atoms with Gasteiger partial charge in [-0.05, 0) is 12.8 Å². The maximum Gasteiger partial charge on any atom is 0.330 e. The van der Waals surface area contributed by atoms with E-state index in [1.807, 2.05) is 0 Å². The van der Waals surface area contributed by atoms with Crippen molar-refractivity contribution in [3.63, 3.8) is 0 Å². The summed E-state index contributed by atoms with van der Waals surface area (Å²) in [7, 11) is 0. The highest BCUT2D eigenvalue weighted by Crippen LogP contribution is 2.37. The van der Waals surface area contributed by atoms with Crippen molar-refractivity contribution < 1.29 is 28.7 Å². The van der Waals surface area contributed by atoms with Crippen molar-refractivity contribution >= 4 is 23.9 Å². The minimum absolute atomic E-state index is 0.0187. The summed E-state index contributed by atoms with van der Waals surface area (Å²) in [4.78, 5) is 52.7. The molecule has 0 aromatic rings. The Morgan fingerprint density at radius 3 is 1.82 bits per heavy atom. The molecule has 1 unspecified atom stereocenters. The second-order valence-electron chi connectivity index (χ2n) is 8.64. The van der Waals surface area contributed by atoms with E-state index >= 15 is 0 Å². The molecule has 1 saturated heterocycles. The number of hydrogen-bond acceptors (Lipinski definition) is 6. The zero-order valence-corrected chi connectivity index (χ0v) is 21.0. The Hall–Kier alpha value is -2.64. The second kappa shape index (κ2) is 16.1. The fourth-order valence-corrected chi connectivity index (χ4v) is 4.36. The number of esters is 2. The monoisotopic (exact) mass is 478 g/mol. The van der Waals surface area contributed by atoms with E-state index in [4.69, 9.17) is 9.47 Å². The lowest BCUT2D eigenvalue weighted by atomic mass is 9.84. The van der Waals surface area contributed by atoms with Crippen LogP contribution >= 0.6 is 0 Å². The van der Waals surface area contributed by atoms with E-state index in [1.54, 1.807) is 4.90 Å². The third-order valence-electron chi connectivity index (χ3n) is 6.21. The smallest absolute Gasteiger partial charge is 0.330 e. The molecule has 8 heteroatoms. The maximum atomic E-state index is 13.7. The quantitative estimate of drug-likeness (QED) is 0.115. The molecule has 8 nitrogen and oxygen atoms in total. The van der Waals surface area contributed by atoms with E-state index in [-0.39, 0.29) is 32.2 Å². The molecule has 1 rings (SSSR count). The van der Waals surface area contributed by atoms with Gasteiger partial charge in [-0.2, -0.15) is 0 Å². The number of nitrogens with zero attached hydrogens (tertiary/aromatic N) is 2. The van der Waals surface area contributed by atoms with Gasteiger partial charge in [-0.25, -0.2) is 14.4 Å².